The van der Waals surface area contributed by atoms with E-state index in [9.17, 15) is 4.79 Å². The van der Waals surface area contributed by atoms with E-state index in [-0.39, 0.29) is 5.97 Å². The second-order valence-corrected chi connectivity index (χ2v) is 3.80. The van der Waals surface area contributed by atoms with Gasteiger partial charge in [-0.15, -0.1) is 0 Å². The van der Waals surface area contributed by atoms with Gasteiger partial charge < -0.3 is 9.30 Å². The molecule has 17 heavy (non-hydrogen) atoms. The lowest BCUT2D eigenvalue weighted by molar-refractivity contribution is 0.0507. The molecule has 2 aromatic rings. The predicted molar refractivity (Wildman–Crippen MR) is 66.0 cm³/mol. The molecule has 4 nitrogen and oxygen atoms in total. The van der Waals surface area contributed by atoms with Crippen LogP contribution in [0.15, 0.2) is 24.3 Å². The molecule has 4 heteroatoms. The fraction of sp³-hybridized carbons (Fsp3) is 0.385. The summed E-state index contributed by atoms with van der Waals surface area (Å²) >= 11 is 0. The number of hydrogen-bond acceptors (Lipinski definition) is 3. The minimum Gasteiger partial charge on any atom is -0.460 e. The SMILES string of the molecule is CCCn1c(C(=O)OCC)nc2ccccc21. The number of esters is 1. The zero-order valence-electron chi connectivity index (χ0n) is 10.1. The highest BCUT2D eigenvalue weighted by molar-refractivity contribution is 5.91. The average Bonchev–Trinajstić information content (AvgIpc) is 2.70. The van der Waals surface area contributed by atoms with Crippen molar-refractivity contribution >= 4 is 17.0 Å². The topological polar surface area (TPSA) is 44.1 Å². The summed E-state index contributed by atoms with van der Waals surface area (Å²) in [5.74, 6) is 0.0482. The number of nitrogens with zero attached hydrogens (tertiary/aromatic N) is 2. The van der Waals surface area contributed by atoms with Crippen molar-refractivity contribution in [3.05, 3.63) is 30.1 Å². The lowest BCUT2D eigenvalue weighted by Crippen LogP contribution is -2.13. The molecule has 0 atom stereocenters. The molecule has 0 aliphatic rings. The number of carbonyl (C=O) groups is 1. The fourth-order valence-corrected chi connectivity index (χ4v) is 1.88. The molecule has 1 aromatic heterocycles. The third-order valence-electron chi connectivity index (χ3n) is 2.56. The van der Waals surface area contributed by atoms with E-state index in [1.165, 1.54) is 0 Å². The van der Waals surface area contributed by atoms with Crippen LogP contribution in [0.25, 0.3) is 11.0 Å². The van der Waals surface area contributed by atoms with Crippen LogP contribution < -0.4 is 0 Å². The van der Waals surface area contributed by atoms with Gasteiger partial charge in [0.15, 0.2) is 0 Å². The highest BCUT2D eigenvalue weighted by Crippen LogP contribution is 2.17. The summed E-state index contributed by atoms with van der Waals surface area (Å²) in [6.07, 6.45) is 0.951. The Morgan fingerprint density at radius 1 is 1.35 bits per heavy atom. The van der Waals surface area contributed by atoms with Gasteiger partial charge in [0.25, 0.3) is 0 Å². The quantitative estimate of drug-likeness (QED) is 0.761. The predicted octanol–water partition coefficient (Wildman–Crippen LogP) is 2.62. The van der Waals surface area contributed by atoms with Gasteiger partial charge in [-0.05, 0) is 25.5 Å². The number of rotatable bonds is 4. The summed E-state index contributed by atoms with van der Waals surface area (Å²) in [6.45, 7) is 5.01. The first-order valence-corrected chi connectivity index (χ1v) is 5.90. The van der Waals surface area contributed by atoms with E-state index in [1.807, 2.05) is 28.8 Å². The third-order valence-corrected chi connectivity index (χ3v) is 2.56. The first-order chi connectivity index (χ1) is 8.27. The smallest absolute Gasteiger partial charge is 0.374 e. The van der Waals surface area contributed by atoms with Crippen LogP contribution in [0, 0.1) is 0 Å². The molecule has 1 aromatic carbocycles. The molecule has 0 N–H and O–H groups in total. The number of para-hydroxylation sites is 2. The molecule has 2 rings (SSSR count). The summed E-state index contributed by atoms with van der Waals surface area (Å²) in [5, 5.41) is 0. The van der Waals surface area contributed by atoms with Crippen LogP contribution in [0.1, 0.15) is 30.9 Å². The van der Waals surface area contributed by atoms with Gasteiger partial charge in [0.2, 0.25) is 5.82 Å². The summed E-state index contributed by atoms with van der Waals surface area (Å²) in [6, 6.07) is 7.75. The van der Waals surface area contributed by atoms with E-state index >= 15 is 0 Å². The van der Waals surface area contributed by atoms with Crippen molar-refractivity contribution < 1.29 is 9.53 Å². The number of aryl methyl sites for hydroxylation is 1. The number of carbonyl (C=O) groups excluding carboxylic acids is 1. The van der Waals surface area contributed by atoms with Gasteiger partial charge in [0.05, 0.1) is 17.6 Å². The van der Waals surface area contributed by atoms with Crippen molar-refractivity contribution in [2.24, 2.45) is 0 Å². The maximum absolute atomic E-state index is 11.8. The Morgan fingerprint density at radius 3 is 2.82 bits per heavy atom. The van der Waals surface area contributed by atoms with Gasteiger partial charge in [0.1, 0.15) is 0 Å². The standard InChI is InChI=1S/C13H16N2O2/c1-3-9-15-11-8-6-5-7-10(11)14-12(15)13(16)17-4-2/h5-8H,3-4,9H2,1-2H3. The highest BCUT2D eigenvalue weighted by atomic mass is 16.5. The molecular weight excluding hydrogens is 216 g/mol. The molecule has 0 bridgehead atoms. The maximum atomic E-state index is 11.8. The van der Waals surface area contributed by atoms with E-state index in [0.717, 1.165) is 24.0 Å². The lowest BCUT2D eigenvalue weighted by atomic mass is 10.3. The first kappa shape index (κ1) is 11.6. The first-order valence-electron chi connectivity index (χ1n) is 5.90. The third kappa shape index (κ3) is 2.16. The van der Waals surface area contributed by atoms with Crippen molar-refractivity contribution in [2.45, 2.75) is 26.8 Å². The number of imidazole rings is 1. The summed E-state index contributed by atoms with van der Waals surface area (Å²) < 4.78 is 6.95. The van der Waals surface area contributed by atoms with Crippen LogP contribution in [0.3, 0.4) is 0 Å². The highest BCUT2D eigenvalue weighted by Gasteiger charge is 2.17. The van der Waals surface area contributed by atoms with Crippen molar-refractivity contribution in [1.29, 1.82) is 0 Å². The summed E-state index contributed by atoms with van der Waals surface area (Å²) in [7, 11) is 0. The van der Waals surface area contributed by atoms with E-state index in [2.05, 4.69) is 11.9 Å². The second-order valence-electron chi connectivity index (χ2n) is 3.80. The fourth-order valence-electron chi connectivity index (χ4n) is 1.88. The molecule has 0 saturated heterocycles. The van der Waals surface area contributed by atoms with Crippen LogP contribution in [0.4, 0.5) is 0 Å². The molecule has 0 aliphatic carbocycles. The normalized spacial score (nSPS) is 10.7. The van der Waals surface area contributed by atoms with Crippen molar-refractivity contribution in [1.82, 2.24) is 9.55 Å². The number of aromatic nitrogens is 2. The Kier molecular flexibility index (Phi) is 3.42. The zero-order valence-corrected chi connectivity index (χ0v) is 10.1. The molecule has 1 heterocycles. The average molecular weight is 232 g/mol. The van der Waals surface area contributed by atoms with Gasteiger partial charge >= 0.3 is 5.97 Å². The molecule has 0 fully saturated rings. The molecule has 90 valence electrons. The van der Waals surface area contributed by atoms with Gasteiger partial charge in [0, 0.05) is 6.54 Å². The minimum absolute atomic E-state index is 0.350. The molecule has 0 saturated carbocycles. The van der Waals surface area contributed by atoms with Crippen LogP contribution >= 0.6 is 0 Å². The van der Waals surface area contributed by atoms with Crippen molar-refractivity contribution in [3.8, 4) is 0 Å². The number of fused-ring (bicyclic) bond motifs is 1. The molecular formula is C13H16N2O2. The maximum Gasteiger partial charge on any atom is 0.374 e. The second kappa shape index (κ2) is 4.99. The van der Waals surface area contributed by atoms with E-state index in [1.54, 1.807) is 6.92 Å². The zero-order chi connectivity index (χ0) is 12.3. The summed E-state index contributed by atoms with van der Waals surface area (Å²) in [4.78, 5) is 16.1. The Morgan fingerprint density at radius 2 is 2.12 bits per heavy atom. The number of hydrogen-bond donors (Lipinski definition) is 0. The molecule has 0 spiro atoms. The van der Waals surface area contributed by atoms with Crippen LogP contribution in [-0.2, 0) is 11.3 Å². The van der Waals surface area contributed by atoms with Gasteiger partial charge in [-0.2, -0.15) is 0 Å². The van der Waals surface area contributed by atoms with Crippen LogP contribution in [0.5, 0.6) is 0 Å². The number of ether oxygens (including phenoxy) is 1. The van der Waals surface area contributed by atoms with E-state index in [0.29, 0.717) is 12.4 Å². The van der Waals surface area contributed by atoms with Crippen LogP contribution in [0.2, 0.25) is 0 Å². The monoisotopic (exact) mass is 232 g/mol. The summed E-state index contributed by atoms with van der Waals surface area (Å²) in [5.41, 5.74) is 1.82. The minimum atomic E-state index is -0.350. The Hall–Kier alpha value is -1.84. The molecule has 0 unspecified atom stereocenters. The Labute approximate surface area is 100 Å². The molecule has 0 amide bonds. The van der Waals surface area contributed by atoms with Crippen molar-refractivity contribution in [2.75, 3.05) is 6.61 Å². The Bertz CT molecular complexity index is 531. The van der Waals surface area contributed by atoms with Gasteiger partial charge in [-0.25, -0.2) is 9.78 Å². The largest absolute Gasteiger partial charge is 0.460 e. The van der Waals surface area contributed by atoms with Gasteiger partial charge in [-0.3, -0.25) is 0 Å². The lowest BCUT2D eigenvalue weighted by Gasteiger charge is -2.06. The molecule has 0 radical (unpaired) electrons. The van der Waals surface area contributed by atoms with Crippen molar-refractivity contribution in [3.63, 3.8) is 0 Å². The molecule has 0 aliphatic heterocycles. The van der Waals surface area contributed by atoms with E-state index < -0.39 is 0 Å². The number of benzene rings is 1. The van der Waals surface area contributed by atoms with Crippen LogP contribution in [-0.4, -0.2) is 22.1 Å². The van der Waals surface area contributed by atoms with Gasteiger partial charge in [-0.1, -0.05) is 19.1 Å². The van der Waals surface area contributed by atoms with E-state index in [4.69, 9.17) is 4.74 Å². The Balaban J connectivity index is 2.53.